The largest absolute Gasteiger partial charge is 0.453 e. The van der Waals surface area contributed by atoms with Crippen molar-refractivity contribution >= 4 is 39.7 Å². The van der Waals surface area contributed by atoms with Crippen molar-refractivity contribution in [3.63, 3.8) is 0 Å². The van der Waals surface area contributed by atoms with Crippen LogP contribution in [0.25, 0.3) is 10.3 Å². The average Bonchev–Trinajstić information content (AvgIpc) is 3.19. The highest BCUT2D eigenvalue weighted by molar-refractivity contribution is 7.16. The summed E-state index contributed by atoms with van der Waals surface area (Å²) in [5.74, 6) is -1.37. The number of aliphatic hydroxyl groups excluding tert-OH is 2. The van der Waals surface area contributed by atoms with Crippen LogP contribution in [0.2, 0.25) is 0 Å². The average molecular weight is 500 g/mol. The van der Waals surface area contributed by atoms with Crippen LogP contribution in [-0.2, 0) is 19.0 Å². The number of aromatic nitrogens is 3. The minimum absolute atomic E-state index is 0.0914. The van der Waals surface area contributed by atoms with E-state index in [-0.39, 0.29) is 11.6 Å². The Morgan fingerprint density at radius 1 is 1.38 bits per heavy atom. The fourth-order valence-electron chi connectivity index (χ4n) is 3.42. The monoisotopic (exact) mass is 499 g/mol. The second-order valence-corrected chi connectivity index (χ2v) is 10.2. The molecule has 3 heterocycles. The molecule has 1 aliphatic heterocycles. The van der Waals surface area contributed by atoms with Crippen molar-refractivity contribution in [1.82, 2.24) is 19.9 Å². The molecule has 0 aliphatic carbocycles. The van der Waals surface area contributed by atoms with Gasteiger partial charge in [0, 0.05) is 0 Å². The Kier molecular flexibility index (Phi) is 7.45. The number of ether oxygens (including phenoxy) is 3. The van der Waals surface area contributed by atoms with Crippen LogP contribution in [0.3, 0.4) is 0 Å². The first-order valence-corrected chi connectivity index (χ1v) is 11.4. The summed E-state index contributed by atoms with van der Waals surface area (Å²) in [6.45, 7) is 7.83. The highest BCUT2D eigenvalue weighted by atomic mass is 32.1. The Labute approximate surface area is 198 Å². The number of nitrogens with two attached hydrogens (primary N) is 1. The minimum Gasteiger partial charge on any atom is -0.453 e. The number of nitrogens with one attached hydrogen (secondary N) is 1. The van der Waals surface area contributed by atoms with Gasteiger partial charge in [-0.25, -0.2) is 14.6 Å². The van der Waals surface area contributed by atoms with E-state index in [0.717, 1.165) is 15.9 Å². The number of thiazole rings is 1. The zero-order valence-corrected chi connectivity index (χ0v) is 20.2. The molecule has 0 aromatic carbocycles. The number of hydrogen-bond acceptors (Lipinski definition) is 12. The lowest BCUT2D eigenvalue weighted by molar-refractivity contribution is -0.162. The van der Waals surface area contributed by atoms with Gasteiger partial charge in [-0.05, 0) is 26.7 Å². The maximum atomic E-state index is 13.0. The molecule has 1 fully saturated rings. The molecule has 0 radical (unpaired) electrons. The van der Waals surface area contributed by atoms with Crippen molar-refractivity contribution in [1.29, 1.82) is 0 Å². The number of hydrogen-bond donors (Lipinski definition) is 4. The van der Waals surface area contributed by atoms with Crippen molar-refractivity contribution in [2.24, 2.45) is 5.92 Å². The fourth-order valence-corrected chi connectivity index (χ4v) is 4.23. The molecule has 1 amide bonds. The molecule has 1 saturated heterocycles. The van der Waals surface area contributed by atoms with Crippen LogP contribution in [0, 0.1) is 5.92 Å². The quantitative estimate of drug-likeness (QED) is 0.396. The van der Waals surface area contributed by atoms with Crippen LogP contribution in [0.5, 0.6) is 0 Å². The van der Waals surface area contributed by atoms with Crippen LogP contribution < -0.4 is 15.9 Å². The minimum atomic E-state index is -1.46. The van der Waals surface area contributed by atoms with E-state index in [1.807, 2.05) is 0 Å². The lowest BCUT2D eigenvalue weighted by Gasteiger charge is -2.27. The van der Waals surface area contributed by atoms with Crippen molar-refractivity contribution < 1.29 is 34.0 Å². The Bertz CT molecular complexity index is 1110. The van der Waals surface area contributed by atoms with E-state index >= 15 is 0 Å². The first-order chi connectivity index (χ1) is 15.8. The molecule has 34 heavy (non-hydrogen) atoms. The molecule has 3 rings (SSSR count). The summed E-state index contributed by atoms with van der Waals surface area (Å²) in [4.78, 5) is 45.4. The molecule has 5 atom stereocenters. The lowest BCUT2D eigenvalue weighted by atomic mass is 10.0. The molecule has 1 aliphatic rings. The number of esters is 1. The molecule has 0 unspecified atom stereocenters. The van der Waals surface area contributed by atoms with Gasteiger partial charge in [0.05, 0.1) is 17.5 Å². The number of carbonyl (C=O) groups excluding carboxylic acids is 2. The van der Waals surface area contributed by atoms with Crippen LogP contribution in [-0.4, -0.2) is 73.4 Å². The number of nitrogens with zero attached hydrogens (tertiary/aromatic N) is 3. The second-order valence-electron chi connectivity index (χ2n) is 9.16. The third-order valence-corrected chi connectivity index (χ3v) is 5.85. The second kappa shape index (κ2) is 9.82. The molecule has 188 valence electrons. The molecule has 0 spiro atoms. The number of alkyl carbamates (subject to hydrolysis) is 1. The van der Waals surface area contributed by atoms with Gasteiger partial charge in [0.15, 0.2) is 18.0 Å². The van der Waals surface area contributed by atoms with Crippen molar-refractivity contribution in [3.05, 3.63) is 15.9 Å². The van der Waals surface area contributed by atoms with E-state index in [1.54, 1.807) is 34.6 Å². The van der Waals surface area contributed by atoms with E-state index in [9.17, 15) is 24.6 Å². The Morgan fingerprint density at radius 2 is 2.06 bits per heavy atom. The van der Waals surface area contributed by atoms with Gasteiger partial charge in [-0.3, -0.25) is 9.36 Å². The molecule has 0 bridgehead atoms. The smallest absolute Gasteiger partial charge is 0.408 e. The van der Waals surface area contributed by atoms with Crippen LogP contribution >= 0.6 is 11.3 Å². The van der Waals surface area contributed by atoms with Gasteiger partial charge < -0.3 is 35.5 Å². The summed E-state index contributed by atoms with van der Waals surface area (Å²) >= 11 is 0.819. The highest BCUT2D eigenvalue weighted by Crippen LogP contribution is 2.34. The number of rotatable bonds is 6. The fraction of sp³-hybridized carbons (Fsp3) is 0.650. The van der Waals surface area contributed by atoms with E-state index in [2.05, 4.69) is 15.3 Å². The van der Waals surface area contributed by atoms with Crippen LogP contribution in [0.4, 0.5) is 10.7 Å². The Balaban J connectivity index is 1.91. The van der Waals surface area contributed by atoms with E-state index in [1.165, 1.54) is 6.20 Å². The lowest BCUT2D eigenvalue weighted by Crippen LogP contribution is -2.49. The molecule has 14 heteroatoms. The van der Waals surface area contributed by atoms with Gasteiger partial charge >= 0.3 is 16.9 Å². The van der Waals surface area contributed by atoms with Gasteiger partial charge in [-0.15, -0.1) is 0 Å². The van der Waals surface area contributed by atoms with Gasteiger partial charge in [0.2, 0.25) is 5.95 Å². The molecule has 0 saturated carbocycles. The zero-order chi connectivity index (χ0) is 25.4. The van der Waals surface area contributed by atoms with Crippen molar-refractivity contribution in [2.75, 3.05) is 12.3 Å². The van der Waals surface area contributed by atoms with Crippen molar-refractivity contribution in [2.45, 2.75) is 70.8 Å². The molecule has 13 nitrogen and oxygen atoms in total. The van der Waals surface area contributed by atoms with Gasteiger partial charge in [-0.1, -0.05) is 25.2 Å². The summed E-state index contributed by atoms with van der Waals surface area (Å²) in [5.41, 5.74) is 5.01. The topological polar surface area (TPSA) is 188 Å². The van der Waals surface area contributed by atoms with E-state index in [4.69, 9.17) is 19.9 Å². The molecule has 5 N–H and O–H groups in total. The standard InChI is InChI=1S/C20H29N5O8S/c1-8(2)11(23-18(29)33-20(3,4)5)16(28)32-13-12(27)9(7-26)31-15(13)25-14-10(34-19(25)30)6-22-17(21)24-14/h6,8-9,11-13,15,26-27H,7H2,1-5H3,(H,23,29)(H2,21,22,24)/t9-,11+,12+,13-,15-/m1/s1. The van der Waals surface area contributed by atoms with Crippen LogP contribution in [0.1, 0.15) is 40.8 Å². The van der Waals surface area contributed by atoms with E-state index in [0.29, 0.717) is 4.70 Å². The number of amides is 1. The first kappa shape index (κ1) is 25.8. The maximum Gasteiger partial charge on any atom is 0.408 e. The SMILES string of the molecule is CC(C)[C@H](NC(=O)OC(C)(C)C)C(=O)O[C@@H]1[C@@H](O)[C@@H](CO)O[C@H]1n1c(=O)sc2cnc(N)nc21. The summed E-state index contributed by atoms with van der Waals surface area (Å²) in [6, 6.07) is -1.12. The predicted octanol–water partition coefficient (Wildman–Crippen LogP) is 0.147. The van der Waals surface area contributed by atoms with Crippen molar-refractivity contribution in [3.8, 4) is 0 Å². The highest BCUT2D eigenvalue weighted by Gasteiger charge is 2.49. The summed E-state index contributed by atoms with van der Waals surface area (Å²) < 4.78 is 17.9. The zero-order valence-electron chi connectivity index (χ0n) is 19.4. The Morgan fingerprint density at radius 3 is 2.65 bits per heavy atom. The van der Waals surface area contributed by atoms with Gasteiger partial charge in [0.25, 0.3) is 0 Å². The number of carbonyl (C=O) groups is 2. The molecular formula is C20H29N5O8S. The number of anilines is 1. The first-order valence-electron chi connectivity index (χ1n) is 10.6. The molecule has 2 aromatic rings. The summed E-state index contributed by atoms with van der Waals surface area (Å²) in [5, 5.41) is 22.8. The summed E-state index contributed by atoms with van der Waals surface area (Å²) in [7, 11) is 0. The van der Waals surface area contributed by atoms with Gasteiger partial charge in [-0.2, -0.15) is 4.98 Å². The third kappa shape index (κ3) is 5.46. The summed E-state index contributed by atoms with van der Waals surface area (Å²) in [6.07, 6.45) is -4.74. The number of aliphatic hydroxyl groups is 2. The van der Waals surface area contributed by atoms with Gasteiger partial charge in [0.1, 0.15) is 23.9 Å². The number of fused-ring (bicyclic) bond motifs is 1. The predicted molar refractivity (Wildman–Crippen MR) is 121 cm³/mol. The maximum absolute atomic E-state index is 13.0. The van der Waals surface area contributed by atoms with Crippen LogP contribution in [0.15, 0.2) is 11.0 Å². The third-order valence-electron chi connectivity index (χ3n) is 4.97. The molecular weight excluding hydrogens is 470 g/mol. The number of nitrogen functional groups attached to an aromatic ring is 1. The molecule has 2 aromatic heterocycles. The Hall–Kier alpha value is -2.81. The van der Waals surface area contributed by atoms with E-state index < -0.39 is 65.6 Å². The normalized spacial score (nSPS) is 23.8.